The number of fused-ring (bicyclic) bond motifs is 1. The monoisotopic (exact) mass is 203 g/mol. The highest BCUT2D eigenvalue weighted by molar-refractivity contribution is 5.61. The van der Waals surface area contributed by atoms with E-state index in [1.807, 2.05) is 32.2 Å². The maximum Gasteiger partial charge on any atom is 0.159 e. The Morgan fingerprint density at radius 1 is 1.53 bits per heavy atom. The van der Waals surface area contributed by atoms with Crippen molar-refractivity contribution in [2.24, 2.45) is 0 Å². The average molecular weight is 203 g/mol. The highest BCUT2D eigenvalue weighted by atomic mass is 16.1. The quantitative estimate of drug-likeness (QED) is 0.712. The topological polar surface area (TPSA) is 47.3 Å². The van der Waals surface area contributed by atoms with Crippen LogP contribution in [0.25, 0.3) is 5.65 Å². The molecule has 0 fully saturated rings. The Bertz CT molecular complexity index is 488. The summed E-state index contributed by atoms with van der Waals surface area (Å²) in [5.74, 6) is 1.11. The first-order valence-electron chi connectivity index (χ1n) is 5.00. The van der Waals surface area contributed by atoms with E-state index in [1.54, 1.807) is 4.52 Å². The van der Waals surface area contributed by atoms with Gasteiger partial charge in [0, 0.05) is 24.1 Å². The van der Waals surface area contributed by atoms with Gasteiger partial charge in [0.2, 0.25) is 0 Å². The molecule has 2 aromatic heterocycles. The van der Waals surface area contributed by atoms with Crippen molar-refractivity contribution >= 4 is 11.9 Å². The second-order valence-electron chi connectivity index (χ2n) is 3.80. The number of carbonyl (C=O) groups excluding carboxylic acids is 1. The van der Waals surface area contributed by atoms with Crippen LogP contribution < -0.4 is 0 Å². The van der Waals surface area contributed by atoms with E-state index in [9.17, 15) is 4.79 Å². The molecule has 0 amide bonds. The Hall–Kier alpha value is -1.71. The van der Waals surface area contributed by atoms with Crippen LogP contribution in [0, 0.1) is 0 Å². The van der Waals surface area contributed by atoms with E-state index in [0.717, 1.165) is 23.3 Å². The smallest absolute Gasteiger partial charge is 0.159 e. The van der Waals surface area contributed by atoms with Gasteiger partial charge in [-0.25, -0.2) is 9.50 Å². The van der Waals surface area contributed by atoms with Crippen LogP contribution in [0.2, 0.25) is 0 Å². The zero-order chi connectivity index (χ0) is 10.8. The molecule has 0 aliphatic carbocycles. The fraction of sp³-hybridized carbons (Fsp3) is 0.364. The predicted octanol–water partition coefficient (Wildman–Crippen LogP) is 1.59. The number of carbonyl (C=O) groups is 1. The van der Waals surface area contributed by atoms with E-state index in [0.29, 0.717) is 12.3 Å². The highest BCUT2D eigenvalue weighted by Gasteiger charge is 2.09. The molecule has 78 valence electrons. The first-order chi connectivity index (χ1) is 7.22. The van der Waals surface area contributed by atoms with Crippen molar-refractivity contribution in [2.45, 2.75) is 26.2 Å². The van der Waals surface area contributed by atoms with Crippen LogP contribution in [-0.2, 0) is 11.2 Å². The molecule has 0 N–H and O–H groups in total. The summed E-state index contributed by atoms with van der Waals surface area (Å²) in [6.45, 7) is 4.10. The van der Waals surface area contributed by atoms with Crippen LogP contribution in [0.3, 0.4) is 0 Å². The molecule has 15 heavy (non-hydrogen) atoms. The van der Waals surface area contributed by atoms with Gasteiger partial charge in [0.05, 0.1) is 0 Å². The van der Waals surface area contributed by atoms with Crippen LogP contribution in [0.1, 0.15) is 31.2 Å². The molecule has 2 aromatic rings. The lowest BCUT2D eigenvalue weighted by atomic mass is 10.2. The van der Waals surface area contributed by atoms with E-state index >= 15 is 0 Å². The lowest BCUT2D eigenvalue weighted by Crippen LogP contribution is -1.93. The van der Waals surface area contributed by atoms with Gasteiger partial charge in [-0.2, -0.15) is 5.10 Å². The Morgan fingerprint density at radius 2 is 2.33 bits per heavy atom. The number of aromatic nitrogens is 3. The largest absolute Gasteiger partial charge is 0.303 e. The van der Waals surface area contributed by atoms with E-state index in [2.05, 4.69) is 10.1 Å². The van der Waals surface area contributed by atoms with E-state index in [1.165, 1.54) is 0 Å². The summed E-state index contributed by atoms with van der Waals surface area (Å²) in [6.07, 6.45) is 3.13. The van der Waals surface area contributed by atoms with Crippen molar-refractivity contribution in [2.75, 3.05) is 0 Å². The predicted molar refractivity (Wildman–Crippen MR) is 56.8 cm³/mol. The van der Waals surface area contributed by atoms with Crippen molar-refractivity contribution in [1.29, 1.82) is 0 Å². The number of aldehydes is 1. The summed E-state index contributed by atoms with van der Waals surface area (Å²) in [5, 5.41) is 4.34. The number of rotatable bonds is 3. The van der Waals surface area contributed by atoms with Gasteiger partial charge in [0.25, 0.3) is 0 Å². The normalized spacial score (nSPS) is 11.1. The lowest BCUT2D eigenvalue weighted by Gasteiger charge is -1.95. The van der Waals surface area contributed by atoms with Gasteiger partial charge < -0.3 is 4.79 Å². The zero-order valence-electron chi connectivity index (χ0n) is 8.84. The van der Waals surface area contributed by atoms with Crippen molar-refractivity contribution in [1.82, 2.24) is 14.6 Å². The molecule has 0 bridgehead atoms. The molecule has 2 rings (SSSR count). The van der Waals surface area contributed by atoms with Gasteiger partial charge in [-0.05, 0) is 6.07 Å². The SMILES string of the molecule is CC(C)c1nc2c(CC=O)cccn2n1. The molecule has 0 aromatic carbocycles. The Kier molecular flexibility index (Phi) is 2.49. The minimum absolute atomic E-state index is 0.300. The molecule has 0 aliphatic heterocycles. The Morgan fingerprint density at radius 3 is 3.00 bits per heavy atom. The minimum Gasteiger partial charge on any atom is -0.303 e. The second kappa shape index (κ2) is 3.81. The summed E-state index contributed by atoms with van der Waals surface area (Å²) in [6, 6.07) is 3.78. The van der Waals surface area contributed by atoms with Crippen molar-refractivity contribution in [3.05, 3.63) is 29.7 Å². The fourth-order valence-electron chi connectivity index (χ4n) is 1.47. The van der Waals surface area contributed by atoms with Crippen LogP contribution in [0.4, 0.5) is 0 Å². The highest BCUT2D eigenvalue weighted by Crippen LogP contribution is 2.13. The van der Waals surface area contributed by atoms with Gasteiger partial charge in [0.1, 0.15) is 6.29 Å². The van der Waals surface area contributed by atoms with Crippen LogP contribution in [0.5, 0.6) is 0 Å². The standard InChI is InChI=1S/C11H13N3O/c1-8(2)10-12-11-9(5-7-15)4-3-6-14(11)13-10/h3-4,6-8H,5H2,1-2H3. The molecule has 0 radical (unpaired) electrons. The summed E-state index contributed by atoms with van der Waals surface area (Å²) >= 11 is 0. The maximum absolute atomic E-state index is 10.5. The van der Waals surface area contributed by atoms with Gasteiger partial charge in [-0.1, -0.05) is 19.9 Å². The van der Waals surface area contributed by atoms with Gasteiger partial charge in [-0.15, -0.1) is 0 Å². The van der Waals surface area contributed by atoms with Crippen molar-refractivity contribution < 1.29 is 4.79 Å². The minimum atomic E-state index is 0.300. The van der Waals surface area contributed by atoms with Gasteiger partial charge in [0.15, 0.2) is 11.5 Å². The van der Waals surface area contributed by atoms with E-state index < -0.39 is 0 Å². The Labute approximate surface area is 87.9 Å². The molecule has 0 atom stereocenters. The third kappa shape index (κ3) is 1.75. The third-order valence-electron chi connectivity index (χ3n) is 2.28. The van der Waals surface area contributed by atoms with Crippen LogP contribution in [0.15, 0.2) is 18.3 Å². The summed E-state index contributed by atoms with van der Waals surface area (Å²) < 4.78 is 1.73. The molecule has 4 heteroatoms. The van der Waals surface area contributed by atoms with Crippen molar-refractivity contribution in [3.63, 3.8) is 0 Å². The Balaban J connectivity index is 2.58. The van der Waals surface area contributed by atoms with E-state index in [-0.39, 0.29) is 0 Å². The number of hydrogen-bond donors (Lipinski definition) is 0. The molecular formula is C11H13N3O. The number of nitrogens with zero attached hydrogens (tertiary/aromatic N) is 3. The maximum atomic E-state index is 10.5. The molecule has 0 unspecified atom stereocenters. The van der Waals surface area contributed by atoms with Gasteiger partial charge in [-0.3, -0.25) is 0 Å². The van der Waals surface area contributed by atoms with Crippen LogP contribution in [-0.4, -0.2) is 20.9 Å². The fourth-order valence-corrected chi connectivity index (χ4v) is 1.47. The zero-order valence-corrected chi connectivity index (χ0v) is 8.84. The van der Waals surface area contributed by atoms with E-state index in [4.69, 9.17) is 0 Å². The lowest BCUT2D eigenvalue weighted by molar-refractivity contribution is -0.107. The average Bonchev–Trinajstić information content (AvgIpc) is 2.63. The summed E-state index contributed by atoms with van der Waals surface area (Å²) in [5.41, 5.74) is 1.71. The van der Waals surface area contributed by atoms with Gasteiger partial charge >= 0.3 is 0 Å². The molecule has 0 aliphatic rings. The molecule has 0 saturated heterocycles. The number of pyridine rings is 1. The first kappa shape index (κ1) is 9.83. The molecular weight excluding hydrogens is 190 g/mol. The molecule has 0 saturated carbocycles. The second-order valence-corrected chi connectivity index (χ2v) is 3.80. The van der Waals surface area contributed by atoms with Crippen LogP contribution >= 0.6 is 0 Å². The molecule has 0 spiro atoms. The molecule has 4 nitrogen and oxygen atoms in total. The summed E-state index contributed by atoms with van der Waals surface area (Å²) in [7, 11) is 0. The number of hydrogen-bond acceptors (Lipinski definition) is 3. The van der Waals surface area contributed by atoms with Crippen molar-refractivity contribution in [3.8, 4) is 0 Å². The third-order valence-corrected chi connectivity index (χ3v) is 2.28. The summed E-state index contributed by atoms with van der Waals surface area (Å²) in [4.78, 5) is 14.9. The first-order valence-corrected chi connectivity index (χ1v) is 5.00. The molecule has 2 heterocycles.